The third-order valence-electron chi connectivity index (χ3n) is 6.44. The van der Waals surface area contributed by atoms with E-state index in [1.54, 1.807) is 6.92 Å². The first kappa shape index (κ1) is 18.2. The monoisotopic (exact) mass is 368 g/mol. The molecule has 5 nitrogen and oxygen atoms in total. The molecule has 2 heterocycles. The highest BCUT2D eigenvalue weighted by molar-refractivity contribution is 5.97. The second-order valence-electron chi connectivity index (χ2n) is 8.15. The summed E-state index contributed by atoms with van der Waals surface area (Å²) in [4.78, 5) is 30.1. The Hall–Kier alpha value is -2.14. The number of rotatable bonds is 5. The van der Waals surface area contributed by atoms with Gasteiger partial charge < -0.3 is 14.6 Å². The molecule has 1 aromatic carbocycles. The van der Waals surface area contributed by atoms with Crippen LogP contribution in [-0.4, -0.2) is 47.9 Å². The van der Waals surface area contributed by atoms with Crippen LogP contribution in [0.15, 0.2) is 24.4 Å². The van der Waals surface area contributed by atoms with Gasteiger partial charge in [0.15, 0.2) is 0 Å². The SMILES string of the molecule is CCOC(=O)C(C[C@H]1C[C@@H]2c3cccc4[nH]cc(c34)C[C@H]2N(C)C1)C(C)=O. The molecule has 1 aliphatic carbocycles. The number of benzene rings is 1. The Morgan fingerprint density at radius 2 is 2.19 bits per heavy atom. The lowest BCUT2D eigenvalue weighted by molar-refractivity contribution is -0.152. The largest absolute Gasteiger partial charge is 0.465 e. The zero-order chi connectivity index (χ0) is 19.1. The average molecular weight is 368 g/mol. The van der Waals surface area contributed by atoms with E-state index in [-0.39, 0.29) is 11.8 Å². The number of hydrogen-bond donors (Lipinski definition) is 1. The first-order chi connectivity index (χ1) is 13.0. The standard InChI is InChI=1S/C22H28N2O3/c1-4-27-22(26)17(13(2)25)8-14-9-18-16-6-5-7-19-21(16)15(11-23-19)10-20(18)24(3)12-14/h5-7,11,14,17-18,20,23H,4,8-10,12H2,1-3H3/t14-,17?,18+,20+/m0/s1. The summed E-state index contributed by atoms with van der Waals surface area (Å²) in [7, 11) is 2.18. The van der Waals surface area contributed by atoms with E-state index in [9.17, 15) is 9.59 Å². The fourth-order valence-electron chi connectivity index (χ4n) is 5.23. The van der Waals surface area contributed by atoms with Crippen LogP contribution < -0.4 is 0 Å². The number of aromatic amines is 1. The van der Waals surface area contributed by atoms with Gasteiger partial charge in [0, 0.05) is 35.6 Å². The summed E-state index contributed by atoms with van der Waals surface area (Å²) in [6.45, 7) is 4.52. The molecule has 0 bridgehead atoms. The summed E-state index contributed by atoms with van der Waals surface area (Å²) in [5.41, 5.74) is 4.02. The number of piperidine rings is 1. The molecule has 5 heteroatoms. The first-order valence-electron chi connectivity index (χ1n) is 9.95. The molecule has 4 rings (SSSR count). The smallest absolute Gasteiger partial charge is 0.316 e. The van der Waals surface area contributed by atoms with Gasteiger partial charge in [0.2, 0.25) is 0 Å². The highest BCUT2D eigenvalue weighted by atomic mass is 16.5. The molecule has 0 spiro atoms. The molecule has 1 saturated heterocycles. The second-order valence-corrected chi connectivity index (χ2v) is 8.15. The number of fused-ring (bicyclic) bond motifs is 2. The van der Waals surface area contributed by atoms with Crippen LogP contribution in [-0.2, 0) is 20.7 Å². The molecule has 27 heavy (non-hydrogen) atoms. The van der Waals surface area contributed by atoms with Crippen LogP contribution in [0.4, 0.5) is 0 Å². The predicted molar refractivity (Wildman–Crippen MR) is 105 cm³/mol. The van der Waals surface area contributed by atoms with Gasteiger partial charge in [0.05, 0.1) is 6.61 Å². The molecule has 0 radical (unpaired) electrons. The van der Waals surface area contributed by atoms with E-state index < -0.39 is 5.92 Å². The van der Waals surface area contributed by atoms with Crippen molar-refractivity contribution in [2.75, 3.05) is 20.2 Å². The lowest BCUT2D eigenvalue weighted by atomic mass is 9.71. The number of aromatic nitrogens is 1. The van der Waals surface area contributed by atoms with Crippen molar-refractivity contribution in [1.29, 1.82) is 0 Å². The summed E-state index contributed by atoms with van der Waals surface area (Å²) in [5.74, 6) is -0.340. The van der Waals surface area contributed by atoms with Crippen molar-refractivity contribution in [1.82, 2.24) is 9.88 Å². The van der Waals surface area contributed by atoms with Crippen LogP contribution in [0.3, 0.4) is 0 Å². The summed E-state index contributed by atoms with van der Waals surface area (Å²) in [6, 6.07) is 6.99. The fraction of sp³-hybridized carbons (Fsp3) is 0.545. The lowest BCUT2D eigenvalue weighted by Crippen LogP contribution is -2.48. The van der Waals surface area contributed by atoms with Crippen molar-refractivity contribution in [3.05, 3.63) is 35.5 Å². The fourth-order valence-corrected chi connectivity index (χ4v) is 5.23. The number of nitrogens with one attached hydrogen (secondary N) is 1. The van der Waals surface area contributed by atoms with E-state index >= 15 is 0 Å². The summed E-state index contributed by atoms with van der Waals surface area (Å²) < 4.78 is 5.15. The highest BCUT2D eigenvalue weighted by Gasteiger charge is 2.41. The molecule has 2 aromatic rings. The van der Waals surface area contributed by atoms with Crippen LogP contribution in [0.2, 0.25) is 0 Å². The Morgan fingerprint density at radius 3 is 2.93 bits per heavy atom. The Bertz CT molecular complexity index is 872. The third kappa shape index (κ3) is 3.18. The summed E-state index contributed by atoms with van der Waals surface area (Å²) in [6.07, 6.45) is 4.80. The molecule has 1 N–H and O–H groups in total. The molecule has 1 aromatic heterocycles. The minimum absolute atomic E-state index is 0.0862. The molecule has 1 fully saturated rings. The van der Waals surface area contributed by atoms with E-state index in [0.29, 0.717) is 30.9 Å². The molecule has 0 saturated carbocycles. The zero-order valence-electron chi connectivity index (χ0n) is 16.3. The number of hydrogen-bond acceptors (Lipinski definition) is 4. The number of ether oxygens (including phenoxy) is 1. The summed E-state index contributed by atoms with van der Waals surface area (Å²) >= 11 is 0. The Kier molecular flexibility index (Phi) is 4.81. The quantitative estimate of drug-likeness (QED) is 0.650. The normalized spacial score (nSPS) is 25.8. The van der Waals surface area contributed by atoms with Gasteiger partial charge in [-0.15, -0.1) is 0 Å². The molecule has 2 aliphatic rings. The van der Waals surface area contributed by atoms with Gasteiger partial charge in [-0.2, -0.15) is 0 Å². The number of likely N-dealkylation sites (N-methyl/N-ethyl adjacent to an activating group) is 1. The summed E-state index contributed by atoms with van der Waals surface area (Å²) in [5, 5.41) is 1.38. The van der Waals surface area contributed by atoms with Crippen molar-refractivity contribution in [2.45, 2.75) is 45.1 Å². The molecular weight excluding hydrogens is 340 g/mol. The number of likely N-dealkylation sites (tertiary alicyclic amines) is 1. The maximum absolute atomic E-state index is 12.2. The van der Waals surface area contributed by atoms with Gasteiger partial charge in [-0.05, 0) is 63.3 Å². The zero-order valence-corrected chi connectivity index (χ0v) is 16.3. The van der Waals surface area contributed by atoms with Gasteiger partial charge >= 0.3 is 5.97 Å². The lowest BCUT2D eigenvalue weighted by Gasteiger charge is -2.46. The van der Waals surface area contributed by atoms with Gasteiger partial charge in [0.1, 0.15) is 11.7 Å². The minimum Gasteiger partial charge on any atom is -0.465 e. The topological polar surface area (TPSA) is 62.4 Å². The molecule has 4 atom stereocenters. The maximum atomic E-state index is 12.2. The average Bonchev–Trinajstić information content (AvgIpc) is 3.05. The number of H-pyrrole nitrogens is 1. The van der Waals surface area contributed by atoms with Crippen LogP contribution in [0.1, 0.15) is 43.7 Å². The molecule has 1 unspecified atom stereocenters. The van der Waals surface area contributed by atoms with Crippen molar-refractivity contribution < 1.29 is 14.3 Å². The van der Waals surface area contributed by atoms with Crippen molar-refractivity contribution in [2.24, 2.45) is 11.8 Å². The van der Waals surface area contributed by atoms with Crippen molar-refractivity contribution in [3.8, 4) is 0 Å². The van der Waals surface area contributed by atoms with Crippen molar-refractivity contribution in [3.63, 3.8) is 0 Å². The Morgan fingerprint density at radius 1 is 1.37 bits per heavy atom. The van der Waals surface area contributed by atoms with Gasteiger partial charge in [-0.1, -0.05) is 12.1 Å². The van der Waals surface area contributed by atoms with Gasteiger partial charge in [0.25, 0.3) is 0 Å². The van der Waals surface area contributed by atoms with Crippen LogP contribution in [0.5, 0.6) is 0 Å². The van der Waals surface area contributed by atoms with E-state index in [2.05, 4.69) is 41.3 Å². The second kappa shape index (κ2) is 7.12. The van der Waals surface area contributed by atoms with E-state index in [4.69, 9.17) is 4.74 Å². The molecule has 1 aliphatic heterocycles. The van der Waals surface area contributed by atoms with E-state index in [1.165, 1.54) is 29.0 Å². The number of carbonyl (C=O) groups excluding carboxylic acids is 2. The Labute approximate surface area is 160 Å². The van der Waals surface area contributed by atoms with Crippen LogP contribution >= 0.6 is 0 Å². The minimum atomic E-state index is -0.637. The number of carbonyl (C=O) groups is 2. The number of nitrogens with zero attached hydrogens (tertiary/aromatic N) is 1. The number of Topliss-reactive ketones (excluding diaryl/α,β-unsaturated/α-hetero) is 1. The maximum Gasteiger partial charge on any atom is 0.316 e. The van der Waals surface area contributed by atoms with Gasteiger partial charge in [-0.25, -0.2) is 0 Å². The highest BCUT2D eigenvalue weighted by Crippen LogP contribution is 2.45. The number of esters is 1. The third-order valence-corrected chi connectivity index (χ3v) is 6.44. The molecule has 0 amide bonds. The predicted octanol–water partition coefficient (Wildman–Crippen LogP) is 3.29. The Balaban J connectivity index is 1.60. The van der Waals surface area contributed by atoms with Crippen molar-refractivity contribution >= 4 is 22.7 Å². The van der Waals surface area contributed by atoms with Crippen LogP contribution in [0, 0.1) is 11.8 Å². The first-order valence-corrected chi connectivity index (χ1v) is 9.95. The van der Waals surface area contributed by atoms with E-state index in [0.717, 1.165) is 19.4 Å². The van der Waals surface area contributed by atoms with E-state index in [1.807, 2.05) is 0 Å². The number of ketones is 1. The molecule has 144 valence electrons. The van der Waals surface area contributed by atoms with Gasteiger partial charge in [-0.3, -0.25) is 9.59 Å². The van der Waals surface area contributed by atoms with Crippen LogP contribution in [0.25, 0.3) is 10.9 Å². The molecular formula is C22H28N2O3.